The first kappa shape index (κ1) is 30.6. The molecule has 0 aromatic heterocycles. The predicted molar refractivity (Wildman–Crippen MR) is 132 cm³/mol. The maximum Gasteiger partial charge on any atom is 1.00 e. The third-order valence-corrected chi connectivity index (χ3v) is 7.56. The summed E-state index contributed by atoms with van der Waals surface area (Å²) in [4.78, 5) is 15.6. The molecule has 2 saturated heterocycles. The van der Waals surface area contributed by atoms with Crippen molar-refractivity contribution in [3.63, 3.8) is 0 Å². The van der Waals surface area contributed by atoms with Gasteiger partial charge in [0.2, 0.25) is 11.8 Å². The first-order valence-corrected chi connectivity index (χ1v) is 11.9. The van der Waals surface area contributed by atoms with E-state index in [9.17, 15) is 13.6 Å². The molecule has 8 heteroatoms. The Morgan fingerprint density at radius 1 is 1.37 bits per heavy atom. The van der Waals surface area contributed by atoms with Gasteiger partial charge in [-0.05, 0) is 62.8 Å². The average Bonchev–Trinajstić information content (AvgIpc) is 3.13. The fourth-order valence-electron chi connectivity index (χ4n) is 5.31. The van der Waals surface area contributed by atoms with Crippen molar-refractivity contribution in [2.45, 2.75) is 70.9 Å². The Morgan fingerprint density at radius 2 is 2.06 bits per heavy atom. The molecule has 2 atom stereocenters. The number of amides is 1. The first-order valence-electron chi connectivity index (χ1n) is 11.9. The Bertz CT molecular complexity index is 941. The summed E-state index contributed by atoms with van der Waals surface area (Å²) in [6, 6.07) is 0.151. The summed E-state index contributed by atoms with van der Waals surface area (Å²) in [6.45, 7) is 9.60. The minimum atomic E-state index is -3.02. The molecular formula is C27H39F2KN3O2-. The Labute approximate surface area is 252 Å². The second kappa shape index (κ2) is 11.4. The van der Waals surface area contributed by atoms with Crippen LogP contribution in [-0.2, 0) is 9.53 Å². The summed E-state index contributed by atoms with van der Waals surface area (Å²) >= 11 is 0. The number of carbonyl (C=O) groups is 1. The number of allylic oxidation sites excluding steroid dienone is 5. The van der Waals surface area contributed by atoms with Crippen molar-refractivity contribution in [2.24, 2.45) is 5.41 Å². The fraction of sp³-hybridized carbons (Fsp3) is 0.593. The van der Waals surface area contributed by atoms with Gasteiger partial charge in [0, 0.05) is 36.0 Å². The monoisotopic (exact) mass is 514 g/mol. The van der Waals surface area contributed by atoms with E-state index in [0.29, 0.717) is 11.1 Å². The van der Waals surface area contributed by atoms with Gasteiger partial charge in [-0.3, -0.25) is 4.79 Å². The number of hydrogen-bond acceptors (Lipinski definition) is 4. The molecule has 0 radical (unpaired) electrons. The van der Waals surface area contributed by atoms with Gasteiger partial charge in [0.1, 0.15) is 0 Å². The van der Waals surface area contributed by atoms with Crippen LogP contribution in [0.3, 0.4) is 0 Å². The second-order valence-electron chi connectivity index (χ2n) is 10.6. The van der Waals surface area contributed by atoms with E-state index in [4.69, 9.17) is 4.74 Å². The summed E-state index contributed by atoms with van der Waals surface area (Å²) in [5.41, 5.74) is 2.08. The molecule has 5 nitrogen and oxygen atoms in total. The normalized spacial score (nSPS) is 28.8. The average molecular weight is 515 g/mol. The number of rotatable bonds is 6. The zero-order valence-corrected chi connectivity index (χ0v) is 25.5. The van der Waals surface area contributed by atoms with Crippen LogP contribution in [-0.4, -0.2) is 55.1 Å². The predicted octanol–water partition coefficient (Wildman–Crippen LogP) is 1.71. The van der Waals surface area contributed by atoms with E-state index in [2.05, 4.69) is 29.4 Å². The second-order valence-corrected chi connectivity index (χ2v) is 10.6. The molecule has 35 heavy (non-hydrogen) atoms. The zero-order valence-electron chi connectivity index (χ0n) is 22.4. The van der Waals surface area contributed by atoms with Crippen LogP contribution in [0.1, 0.15) is 53.4 Å². The van der Waals surface area contributed by atoms with Crippen molar-refractivity contribution in [2.75, 3.05) is 26.7 Å². The smallest absolute Gasteiger partial charge is 0.516 e. The molecule has 2 unspecified atom stereocenters. The summed E-state index contributed by atoms with van der Waals surface area (Å²) in [6.07, 6.45) is 10.8. The van der Waals surface area contributed by atoms with Crippen molar-refractivity contribution in [1.29, 1.82) is 0 Å². The topological polar surface area (TPSA) is 53.6 Å². The van der Waals surface area contributed by atoms with Gasteiger partial charge < -0.3 is 27.7 Å². The van der Waals surface area contributed by atoms with Crippen LogP contribution in [0.15, 0.2) is 46.4 Å². The van der Waals surface area contributed by atoms with Crippen LogP contribution in [0.4, 0.5) is 8.78 Å². The minimum Gasteiger partial charge on any atom is -0.516 e. The van der Waals surface area contributed by atoms with Crippen LogP contribution < -0.4 is 62.0 Å². The summed E-state index contributed by atoms with van der Waals surface area (Å²) in [7, 11) is 1.40. The number of nitrogens with zero attached hydrogens (tertiary/aromatic N) is 1. The molecule has 2 aliphatic carbocycles. The van der Waals surface area contributed by atoms with Gasteiger partial charge >= 0.3 is 51.4 Å². The van der Waals surface area contributed by atoms with Crippen molar-refractivity contribution in [3.8, 4) is 0 Å². The SMILES string of the molecule is C/C=C(C(=O)NC1CC1(C)C)\C(=C1\C=C(OC)C(C(C)(F)F)=C[CH-]1)N1CCC2(CCCN2)C1.[CH3-].[K+]. The number of likely N-dealkylation sites (tertiary alicyclic amines) is 1. The van der Waals surface area contributed by atoms with Crippen molar-refractivity contribution in [1.82, 2.24) is 15.5 Å². The van der Waals surface area contributed by atoms with Gasteiger partial charge in [-0.1, -0.05) is 19.9 Å². The maximum absolute atomic E-state index is 14.1. The molecule has 2 aliphatic heterocycles. The molecule has 3 fully saturated rings. The Hall–Kier alpha value is -0.644. The van der Waals surface area contributed by atoms with Crippen LogP contribution in [0, 0.1) is 19.3 Å². The Morgan fingerprint density at radius 3 is 2.57 bits per heavy atom. The van der Waals surface area contributed by atoms with Gasteiger partial charge in [0.05, 0.1) is 7.11 Å². The van der Waals surface area contributed by atoms with Crippen molar-refractivity contribution in [3.05, 3.63) is 60.3 Å². The molecule has 0 aromatic rings. The summed E-state index contributed by atoms with van der Waals surface area (Å²) in [5, 5.41) is 6.83. The van der Waals surface area contributed by atoms with E-state index in [-0.39, 0.29) is 93.0 Å². The number of hydrogen-bond donors (Lipinski definition) is 2. The van der Waals surface area contributed by atoms with E-state index >= 15 is 0 Å². The van der Waals surface area contributed by atoms with Crippen molar-refractivity contribution < 1.29 is 69.7 Å². The molecule has 2 N–H and O–H groups in total. The van der Waals surface area contributed by atoms with Crippen LogP contribution in [0.2, 0.25) is 0 Å². The number of halogens is 2. The standard InChI is InChI=1S/C26H36F2N3O2.CH3.K/c1-6-18(23(32)30-21-15-24(21,2)3)22(31-13-11-26(16-31)10-7-12-29-26)17-8-9-19(25(4,27)28)20(14-17)33-5;;/h6,8-9,14,21,29H,7,10-13,15-16H2,1-5H3,(H,30,32);1H3;/q2*-1;+1/b18-6+,22-17-;;. The van der Waals surface area contributed by atoms with Gasteiger partial charge in [0.25, 0.3) is 0 Å². The molecule has 0 bridgehead atoms. The number of alkyl halides is 2. The molecule has 2 heterocycles. The number of methoxy groups -OCH3 is 1. The molecule has 0 aromatic carbocycles. The number of carbonyl (C=O) groups excluding carboxylic acids is 1. The van der Waals surface area contributed by atoms with Gasteiger partial charge in [-0.2, -0.15) is 0 Å². The van der Waals surface area contributed by atoms with E-state index in [1.54, 1.807) is 12.5 Å². The van der Waals surface area contributed by atoms with E-state index in [1.165, 1.54) is 13.2 Å². The van der Waals surface area contributed by atoms with Crippen LogP contribution in [0.25, 0.3) is 0 Å². The Kier molecular flexibility index (Phi) is 9.96. The molecule has 1 amide bonds. The van der Waals surface area contributed by atoms with E-state index in [1.807, 2.05) is 13.0 Å². The number of nitrogens with one attached hydrogen (secondary N) is 2. The van der Waals surface area contributed by atoms with Gasteiger partial charge in [-0.25, -0.2) is 8.78 Å². The third-order valence-electron chi connectivity index (χ3n) is 7.56. The molecular weight excluding hydrogens is 475 g/mol. The summed E-state index contributed by atoms with van der Waals surface area (Å²) < 4.78 is 33.6. The van der Waals surface area contributed by atoms with E-state index < -0.39 is 5.92 Å². The number of ether oxygens (including phenoxy) is 1. The first-order chi connectivity index (χ1) is 15.5. The summed E-state index contributed by atoms with van der Waals surface area (Å²) in [5.74, 6) is -3.01. The van der Waals surface area contributed by atoms with Crippen molar-refractivity contribution >= 4 is 5.91 Å². The molecule has 190 valence electrons. The molecule has 4 rings (SSSR count). The molecule has 1 spiro atoms. The largest absolute Gasteiger partial charge is 1.00 e. The minimum absolute atomic E-state index is 0. The maximum atomic E-state index is 14.1. The van der Waals surface area contributed by atoms with Gasteiger partial charge in [-0.15, -0.1) is 24.1 Å². The quantitative estimate of drug-likeness (QED) is 0.322. The Balaban J connectivity index is 0.00000216. The fourth-order valence-corrected chi connectivity index (χ4v) is 5.31. The zero-order chi connectivity index (χ0) is 24.0. The van der Waals surface area contributed by atoms with E-state index in [0.717, 1.165) is 57.9 Å². The molecule has 4 aliphatic rings. The van der Waals surface area contributed by atoms with Crippen LogP contribution >= 0.6 is 0 Å². The van der Waals surface area contributed by atoms with Gasteiger partial charge in [0.15, 0.2) is 0 Å². The third kappa shape index (κ3) is 6.44. The van der Waals surface area contributed by atoms with Crippen LogP contribution in [0.5, 0.6) is 0 Å². The molecule has 1 saturated carbocycles.